The van der Waals surface area contributed by atoms with Crippen LogP contribution in [0.15, 0.2) is 36.8 Å². The maximum atomic E-state index is 11.7. The third-order valence-electron chi connectivity index (χ3n) is 2.53. The van der Waals surface area contributed by atoms with Crippen LogP contribution in [0.5, 0.6) is 5.75 Å². The fourth-order valence-electron chi connectivity index (χ4n) is 1.58. The van der Waals surface area contributed by atoms with E-state index in [9.17, 15) is 4.79 Å². The van der Waals surface area contributed by atoms with Crippen LogP contribution in [-0.2, 0) is 4.79 Å². The highest BCUT2D eigenvalue weighted by Gasteiger charge is 2.05. The number of nitrogens with one attached hydrogen (secondary N) is 1. The lowest BCUT2D eigenvalue weighted by molar-refractivity contribution is -0.116. The number of hydrogen-bond acceptors (Lipinski definition) is 4. The highest BCUT2D eigenvalue weighted by atomic mass is 35.5. The van der Waals surface area contributed by atoms with Crippen LogP contribution in [0.4, 0.5) is 5.82 Å². The molecule has 5 nitrogen and oxygen atoms in total. The zero-order chi connectivity index (χ0) is 15.1. The normalized spacial score (nSPS) is 10.2. The molecule has 1 amide bonds. The molecule has 0 atom stereocenters. The van der Waals surface area contributed by atoms with Gasteiger partial charge in [0.1, 0.15) is 5.75 Å². The molecular formula is C14H13Cl2N3O2. The van der Waals surface area contributed by atoms with Crippen molar-refractivity contribution in [2.45, 2.75) is 12.8 Å². The summed E-state index contributed by atoms with van der Waals surface area (Å²) in [5.41, 5.74) is 0. The third-order valence-corrected chi connectivity index (χ3v) is 3.06. The summed E-state index contributed by atoms with van der Waals surface area (Å²) in [6.07, 6.45) is 5.43. The first-order valence-electron chi connectivity index (χ1n) is 6.29. The Morgan fingerprint density at radius 1 is 1.29 bits per heavy atom. The van der Waals surface area contributed by atoms with Gasteiger partial charge in [0, 0.05) is 23.8 Å². The number of nitrogens with zero attached hydrogens (tertiary/aromatic N) is 2. The molecule has 110 valence electrons. The molecule has 1 heterocycles. The molecule has 0 unspecified atom stereocenters. The zero-order valence-electron chi connectivity index (χ0n) is 11.1. The van der Waals surface area contributed by atoms with Crippen molar-refractivity contribution in [2.24, 2.45) is 0 Å². The summed E-state index contributed by atoms with van der Waals surface area (Å²) < 4.78 is 5.49. The monoisotopic (exact) mass is 325 g/mol. The Bertz CT molecular complexity index is 608. The van der Waals surface area contributed by atoms with E-state index in [-0.39, 0.29) is 5.91 Å². The molecule has 1 aromatic carbocycles. The van der Waals surface area contributed by atoms with Gasteiger partial charge < -0.3 is 10.1 Å². The van der Waals surface area contributed by atoms with Gasteiger partial charge in [-0.3, -0.25) is 9.78 Å². The number of ether oxygens (including phenoxy) is 1. The van der Waals surface area contributed by atoms with Crippen LogP contribution in [0.3, 0.4) is 0 Å². The Labute approximate surface area is 132 Å². The number of hydrogen-bond donors (Lipinski definition) is 1. The predicted molar refractivity (Wildman–Crippen MR) is 81.9 cm³/mol. The van der Waals surface area contributed by atoms with Crippen LogP contribution >= 0.6 is 23.2 Å². The average molecular weight is 326 g/mol. The molecule has 0 aliphatic heterocycles. The standard InChI is InChI=1S/C14H13Cl2N3O2/c15-10-3-4-12(11(16)8-10)21-7-1-2-14(20)19-13-9-17-5-6-18-13/h3-6,8-9H,1-2,7H2,(H,18,19,20). The van der Waals surface area contributed by atoms with Crippen molar-refractivity contribution in [1.29, 1.82) is 0 Å². The van der Waals surface area contributed by atoms with Crippen molar-refractivity contribution in [3.05, 3.63) is 46.8 Å². The summed E-state index contributed by atoms with van der Waals surface area (Å²) in [4.78, 5) is 19.5. The fourth-order valence-corrected chi connectivity index (χ4v) is 2.04. The molecule has 0 fully saturated rings. The van der Waals surface area contributed by atoms with Crippen LogP contribution < -0.4 is 10.1 Å². The summed E-state index contributed by atoms with van der Waals surface area (Å²) in [5, 5.41) is 3.65. The molecular weight excluding hydrogens is 313 g/mol. The second-order valence-electron chi connectivity index (χ2n) is 4.17. The third kappa shape index (κ3) is 5.21. The van der Waals surface area contributed by atoms with Crippen molar-refractivity contribution < 1.29 is 9.53 Å². The summed E-state index contributed by atoms with van der Waals surface area (Å²) in [6, 6.07) is 5.01. The highest BCUT2D eigenvalue weighted by Crippen LogP contribution is 2.27. The fraction of sp³-hybridized carbons (Fsp3) is 0.214. The molecule has 0 bridgehead atoms. The van der Waals surface area contributed by atoms with E-state index in [0.29, 0.717) is 41.1 Å². The summed E-state index contributed by atoms with van der Waals surface area (Å²) >= 11 is 11.8. The lowest BCUT2D eigenvalue weighted by Gasteiger charge is -2.08. The molecule has 0 saturated carbocycles. The van der Waals surface area contributed by atoms with Crippen molar-refractivity contribution in [3.63, 3.8) is 0 Å². The van der Waals surface area contributed by atoms with Crippen LogP contribution in [0.1, 0.15) is 12.8 Å². The van der Waals surface area contributed by atoms with E-state index in [4.69, 9.17) is 27.9 Å². The predicted octanol–water partition coefficient (Wildman–Crippen LogP) is 3.58. The van der Waals surface area contributed by atoms with Gasteiger partial charge in [0.2, 0.25) is 5.91 Å². The van der Waals surface area contributed by atoms with Gasteiger partial charge in [-0.25, -0.2) is 4.98 Å². The lowest BCUT2D eigenvalue weighted by atomic mass is 10.3. The molecule has 0 radical (unpaired) electrons. The first-order valence-corrected chi connectivity index (χ1v) is 7.04. The van der Waals surface area contributed by atoms with E-state index in [1.807, 2.05) is 0 Å². The molecule has 7 heteroatoms. The van der Waals surface area contributed by atoms with E-state index >= 15 is 0 Å². The van der Waals surface area contributed by atoms with Crippen LogP contribution in [0.25, 0.3) is 0 Å². The quantitative estimate of drug-likeness (QED) is 0.824. The highest BCUT2D eigenvalue weighted by molar-refractivity contribution is 6.35. The summed E-state index contributed by atoms with van der Waals surface area (Å²) in [6.45, 7) is 0.384. The molecule has 21 heavy (non-hydrogen) atoms. The Kier molecular flexibility index (Phi) is 5.78. The molecule has 0 aliphatic carbocycles. The minimum absolute atomic E-state index is 0.138. The maximum absolute atomic E-state index is 11.7. The molecule has 1 N–H and O–H groups in total. The summed E-state index contributed by atoms with van der Waals surface area (Å²) in [7, 11) is 0. The van der Waals surface area contributed by atoms with Gasteiger partial charge in [-0.05, 0) is 24.6 Å². The molecule has 0 spiro atoms. The topological polar surface area (TPSA) is 64.1 Å². The Morgan fingerprint density at radius 2 is 2.14 bits per heavy atom. The molecule has 2 rings (SSSR count). The number of anilines is 1. The number of carbonyl (C=O) groups excluding carboxylic acids is 1. The maximum Gasteiger partial charge on any atom is 0.225 e. The second-order valence-corrected chi connectivity index (χ2v) is 5.01. The SMILES string of the molecule is O=C(CCCOc1ccc(Cl)cc1Cl)Nc1cnccn1. The van der Waals surface area contributed by atoms with E-state index < -0.39 is 0 Å². The smallest absolute Gasteiger partial charge is 0.225 e. The Morgan fingerprint density at radius 3 is 2.86 bits per heavy atom. The number of amides is 1. The van der Waals surface area contributed by atoms with E-state index in [0.717, 1.165) is 0 Å². The Balaban J connectivity index is 1.71. The number of halogens is 2. The lowest BCUT2D eigenvalue weighted by Crippen LogP contribution is -2.13. The van der Waals surface area contributed by atoms with Gasteiger partial charge in [-0.2, -0.15) is 0 Å². The molecule has 0 saturated heterocycles. The number of benzene rings is 1. The van der Waals surface area contributed by atoms with Crippen molar-refractivity contribution in [2.75, 3.05) is 11.9 Å². The van der Waals surface area contributed by atoms with Crippen LogP contribution in [0.2, 0.25) is 10.0 Å². The van der Waals surface area contributed by atoms with Crippen LogP contribution in [-0.4, -0.2) is 22.5 Å². The number of aromatic nitrogens is 2. The van der Waals surface area contributed by atoms with Gasteiger partial charge >= 0.3 is 0 Å². The average Bonchev–Trinajstić information content (AvgIpc) is 2.46. The van der Waals surface area contributed by atoms with Gasteiger partial charge in [0.05, 0.1) is 17.8 Å². The van der Waals surface area contributed by atoms with E-state index in [1.54, 1.807) is 24.4 Å². The van der Waals surface area contributed by atoms with Gasteiger partial charge in [0.15, 0.2) is 5.82 Å². The van der Waals surface area contributed by atoms with Crippen molar-refractivity contribution in [1.82, 2.24) is 9.97 Å². The number of carbonyl (C=O) groups is 1. The van der Waals surface area contributed by atoms with Crippen molar-refractivity contribution >= 4 is 34.9 Å². The molecule has 0 aliphatic rings. The largest absolute Gasteiger partial charge is 0.492 e. The Hall–Kier alpha value is -1.85. The summed E-state index contributed by atoms with van der Waals surface area (Å²) in [5.74, 6) is 0.848. The minimum Gasteiger partial charge on any atom is -0.492 e. The van der Waals surface area contributed by atoms with E-state index in [1.165, 1.54) is 12.4 Å². The molecule has 1 aromatic heterocycles. The first kappa shape index (κ1) is 15.5. The minimum atomic E-state index is -0.138. The zero-order valence-corrected chi connectivity index (χ0v) is 12.6. The second kappa shape index (κ2) is 7.81. The number of rotatable bonds is 6. The van der Waals surface area contributed by atoms with E-state index in [2.05, 4.69) is 15.3 Å². The van der Waals surface area contributed by atoms with Crippen molar-refractivity contribution in [3.8, 4) is 5.75 Å². The first-order chi connectivity index (χ1) is 10.1. The van der Waals surface area contributed by atoms with Gasteiger partial charge in [-0.1, -0.05) is 23.2 Å². The van der Waals surface area contributed by atoms with Crippen LogP contribution in [0, 0.1) is 0 Å². The molecule has 2 aromatic rings. The van der Waals surface area contributed by atoms with Gasteiger partial charge in [-0.15, -0.1) is 0 Å². The van der Waals surface area contributed by atoms with Gasteiger partial charge in [0.25, 0.3) is 0 Å².